The molecule has 0 unspecified atom stereocenters. The molecule has 30 heavy (non-hydrogen) atoms. The number of carbonyl (C=O) groups excluding carboxylic acids is 2. The van der Waals surface area contributed by atoms with Crippen molar-refractivity contribution in [2.45, 2.75) is 18.1 Å². The van der Waals surface area contributed by atoms with Gasteiger partial charge < -0.3 is 25.4 Å². The van der Waals surface area contributed by atoms with Gasteiger partial charge in [0.15, 0.2) is 12.2 Å². The van der Waals surface area contributed by atoms with Gasteiger partial charge in [-0.25, -0.2) is 13.6 Å². The summed E-state index contributed by atoms with van der Waals surface area (Å²) in [6, 6.07) is 8.23. The highest BCUT2D eigenvalue weighted by atomic mass is 35.5. The van der Waals surface area contributed by atoms with Crippen LogP contribution in [0.25, 0.3) is 0 Å². The summed E-state index contributed by atoms with van der Waals surface area (Å²) in [5, 5.41) is 8.38. The number of benzene rings is 2. The van der Waals surface area contributed by atoms with E-state index in [-0.39, 0.29) is 24.7 Å². The van der Waals surface area contributed by atoms with E-state index in [0.717, 1.165) is 0 Å². The minimum Gasteiger partial charge on any atom is -0.482 e. The fourth-order valence-electron chi connectivity index (χ4n) is 3.46. The Morgan fingerprint density at radius 3 is 2.77 bits per heavy atom. The molecule has 2 aromatic rings. The Morgan fingerprint density at radius 2 is 2.00 bits per heavy atom. The summed E-state index contributed by atoms with van der Waals surface area (Å²) in [4.78, 5) is 24.0. The number of ether oxygens (including phenoxy) is 2. The number of urea groups is 1. The van der Waals surface area contributed by atoms with Crippen LogP contribution in [0.4, 0.5) is 25.0 Å². The second-order valence-electron chi connectivity index (χ2n) is 7.14. The molecule has 0 aromatic heterocycles. The van der Waals surface area contributed by atoms with E-state index in [0.29, 0.717) is 27.7 Å². The molecule has 4 rings (SSSR count). The second-order valence-corrected chi connectivity index (χ2v) is 7.57. The summed E-state index contributed by atoms with van der Waals surface area (Å²) in [7, 11) is 0. The molecule has 0 radical (unpaired) electrons. The molecule has 0 saturated heterocycles. The van der Waals surface area contributed by atoms with Crippen molar-refractivity contribution in [1.29, 1.82) is 0 Å². The molecule has 3 amide bonds. The Morgan fingerprint density at radius 1 is 1.20 bits per heavy atom. The molecule has 0 saturated carbocycles. The lowest BCUT2D eigenvalue weighted by molar-refractivity contribution is -0.118. The minimum absolute atomic E-state index is 0.0711. The number of carbonyl (C=O) groups is 2. The van der Waals surface area contributed by atoms with Crippen LogP contribution in [0.3, 0.4) is 0 Å². The monoisotopic (exact) mass is 437 g/mol. The Balaban J connectivity index is 1.52. The van der Waals surface area contributed by atoms with Gasteiger partial charge in [-0.2, -0.15) is 0 Å². The lowest BCUT2D eigenvalue weighted by atomic mass is 9.88. The van der Waals surface area contributed by atoms with Gasteiger partial charge in [0.2, 0.25) is 0 Å². The Labute approximate surface area is 175 Å². The van der Waals surface area contributed by atoms with E-state index < -0.39 is 31.0 Å². The number of anilines is 2. The van der Waals surface area contributed by atoms with Gasteiger partial charge in [0.25, 0.3) is 5.91 Å². The Hall–Kier alpha value is -3.07. The molecule has 158 valence electrons. The number of fused-ring (bicyclic) bond motifs is 2. The van der Waals surface area contributed by atoms with Gasteiger partial charge >= 0.3 is 6.03 Å². The molecule has 10 heteroatoms. The van der Waals surface area contributed by atoms with E-state index in [1.807, 2.05) is 0 Å². The van der Waals surface area contributed by atoms with Crippen LogP contribution in [0.1, 0.15) is 18.0 Å². The van der Waals surface area contributed by atoms with E-state index in [4.69, 9.17) is 21.1 Å². The first-order valence-electron chi connectivity index (χ1n) is 9.16. The van der Waals surface area contributed by atoms with Gasteiger partial charge in [-0.3, -0.25) is 4.79 Å². The number of rotatable bonds is 4. The number of amides is 3. The third kappa shape index (κ3) is 3.97. The first-order valence-corrected chi connectivity index (χ1v) is 9.54. The summed E-state index contributed by atoms with van der Waals surface area (Å²) in [5.41, 5.74) is -0.284. The van der Waals surface area contributed by atoms with Crippen molar-refractivity contribution in [2.75, 3.05) is 30.6 Å². The highest BCUT2D eigenvalue weighted by Crippen LogP contribution is 2.41. The average molecular weight is 438 g/mol. The molecule has 0 spiro atoms. The molecule has 2 aromatic carbocycles. The maximum absolute atomic E-state index is 13.6. The molecular weight excluding hydrogens is 420 g/mol. The molecule has 7 nitrogen and oxygen atoms in total. The summed E-state index contributed by atoms with van der Waals surface area (Å²) in [6.45, 7) is -2.18. The van der Waals surface area contributed by atoms with Crippen LogP contribution >= 0.6 is 11.6 Å². The van der Waals surface area contributed by atoms with Crippen LogP contribution in [0.5, 0.6) is 11.5 Å². The predicted molar refractivity (Wildman–Crippen MR) is 107 cm³/mol. The summed E-state index contributed by atoms with van der Waals surface area (Å²) >= 11 is 5.98. The van der Waals surface area contributed by atoms with Crippen LogP contribution in [-0.4, -0.2) is 37.5 Å². The van der Waals surface area contributed by atoms with E-state index in [2.05, 4.69) is 16.0 Å². The van der Waals surface area contributed by atoms with Crippen LogP contribution in [0, 0.1) is 0 Å². The standard InChI is InChI=1S/C20H18ClF2N3O4/c21-11-1-3-13-15(7-20(9-22,10-23)30-17(13)5-11)26-19(28)24-12-2-4-16-14(6-12)25-18(27)8-29-16/h1-6,15H,7-10H2,(H,25,27)(H2,24,26,28)/t15-/m1/s1. The highest BCUT2D eigenvalue weighted by molar-refractivity contribution is 6.30. The molecule has 0 aliphatic carbocycles. The molecule has 0 bridgehead atoms. The Kier molecular flexibility index (Phi) is 5.38. The first kappa shape index (κ1) is 20.2. The minimum atomic E-state index is -1.69. The summed E-state index contributed by atoms with van der Waals surface area (Å²) in [6.07, 6.45) is -0.0872. The molecular formula is C20H18ClF2N3O4. The van der Waals surface area contributed by atoms with Crippen LogP contribution in [0.15, 0.2) is 36.4 Å². The summed E-state index contributed by atoms with van der Waals surface area (Å²) in [5.74, 6) is 0.421. The molecule has 0 fully saturated rings. The molecule has 2 heterocycles. The zero-order valence-electron chi connectivity index (χ0n) is 15.6. The van der Waals surface area contributed by atoms with E-state index >= 15 is 0 Å². The molecule has 1 atom stereocenters. The predicted octanol–water partition coefficient (Wildman–Crippen LogP) is 3.99. The quantitative estimate of drug-likeness (QED) is 0.674. The SMILES string of the molecule is O=C1COc2ccc(NC(=O)N[C@@H]3CC(CF)(CF)Oc4cc(Cl)ccc43)cc2N1. The van der Waals surface area contributed by atoms with Gasteiger partial charge in [0.05, 0.1) is 11.7 Å². The largest absolute Gasteiger partial charge is 0.482 e. The number of alkyl halides is 2. The smallest absolute Gasteiger partial charge is 0.319 e. The fourth-order valence-corrected chi connectivity index (χ4v) is 3.62. The molecule has 2 aliphatic rings. The van der Waals surface area contributed by atoms with E-state index in [1.165, 1.54) is 6.07 Å². The maximum atomic E-state index is 13.6. The van der Waals surface area contributed by atoms with Crippen LogP contribution in [0.2, 0.25) is 5.02 Å². The van der Waals surface area contributed by atoms with Crippen molar-refractivity contribution in [3.8, 4) is 11.5 Å². The number of nitrogens with one attached hydrogen (secondary N) is 3. The van der Waals surface area contributed by atoms with Gasteiger partial charge in [0.1, 0.15) is 24.8 Å². The third-order valence-electron chi connectivity index (χ3n) is 4.92. The van der Waals surface area contributed by atoms with Crippen molar-refractivity contribution < 1.29 is 27.8 Å². The van der Waals surface area contributed by atoms with Crippen molar-refractivity contribution in [3.63, 3.8) is 0 Å². The molecule has 2 aliphatic heterocycles. The number of hydrogen-bond acceptors (Lipinski definition) is 4. The zero-order valence-corrected chi connectivity index (χ0v) is 16.4. The first-order chi connectivity index (χ1) is 14.4. The van der Waals surface area contributed by atoms with Crippen molar-refractivity contribution >= 4 is 34.9 Å². The lowest BCUT2D eigenvalue weighted by Crippen LogP contribution is -2.49. The topological polar surface area (TPSA) is 88.7 Å². The fraction of sp³-hybridized carbons (Fsp3) is 0.300. The van der Waals surface area contributed by atoms with Gasteiger partial charge in [-0.15, -0.1) is 0 Å². The summed E-state index contributed by atoms with van der Waals surface area (Å²) < 4.78 is 38.0. The van der Waals surface area contributed by atoms with Crippen LogP contribution in [-0.2, 0) is 4.79 Å². The van der Waals surface area contributed by atoms with Crippen LogP contribution < -0.4 is 25.4 Å². The van der Waals surface area contributed by atoms with Crippen molar-refractivity contribution in [3.05, 3.63) is 47.0 Å². The number of halogens is 3. The maximum Gasteiger partial charge on any atom is 0.319 e. The second kappa shape index (κ2) is 7.98. The normalized spacial score (nSPS) is 18.8. The lowest BCUT2D eigenvalue weighted by Gasteiger charge is -2.39. The average Bonchev–Trinajstić information content (AvgIpc) is 2.72. The third-order valence-corrected chi connectivity index (χ3v) is 5.15. The van der Waals surface area contributed by atoms with Gasteiger partial charge in [-0.1, -0.05) is 17.7 Å². The Bertz CT molecular complexity index is 1000. The van der Waals surface area contributed by atoms with Gasteiger partial charge in [-0.05, 0) is 30.3 Å². The highest BCUT2D eigenvalue weighted by Gasteiger charge is 2.42. The number of hydrogen-bond donors (Lipinski definition) is 3. The van der Waals surface area contributed by atoms with Crippen molar-refractivity contribution in [1.82, 2.24) is 5.32 Å². The van der Waals surface area contributed by atoms with E-state index in [9.17, 15) is 18.4 Å². The van der Waals surface area contributed by atoms with Crippen molar-refractivity contribution in [2.24, 2.45) is 0 Å². The van der Waals surface area contributed by atoms with E-state index in [1.54, 1.807) is 30.3 Å². The van der Waals surface area contributed by atoms with Gasteiger partial charge in [0, 0.05) is 22.7 Å². The zero-order chi connectivity index (χ0) is 21.3. The molecule has 3 N–H and O–H groups in total.